The summed E-state index contributed by atoms with van der Waals surface area (Å²) in [5.74, 6) is -0.488. The predicted octanol–water partition coefficient (Wildman–Crippen LogP) is -0.533. The number of hydrogen-bond acceptors (Lipinski definition) is 4. The zero-order valence-corrected chi connectivity index (χ0v) is 15.7. The average Bonchev–Trinajstić information content (AvgIpc) is 2.93. The number of pyridine rings is 1. The fourth-order valence-corrected chi connectivity index (χ4v) is 3.59. The molecular formula is C20H23N5O3+2. The van der Waals surface area contributed by atoms with Gasteiger partial charge in [0.25, 0.3) is 5.82 Å². The Hall–Kier alpha value is -3.26. The Bertz CT molecular complexity index is 892. The number of imide groups is 2. The van der Waals surface area contributed by atoms with Gasteiger partial charge in [0.1, 0.15) is 26.2 Å². The Kier molecular flexibility index (Phi) is 4.79. The van der Waals surface area contributed by atoms with Crippen molar-refractivity contribution in [2.45, 2.75) is 6.92 Å². The molecule has 2 aliphatic heterocycles. The third-order valence-electron chi connectivity index (χ3n) is 5.23. The van der Waals surface area contributed by atoms with Crippen molar-refractivity contribution in [2.24, 2.45) is 0 Å². The van der Waals surface area contributed by atoms with Crippen LogP contribution in [0, 0.1) is 6.92 Å². The van der Waals surface area contributed by atoms with Gasteiger partial charge >= 0.3 is 17.8 Å². The Labute approximate surface area is 163 Å². The van der Waals surface area contributed by atoms with Gasteiger partial charge < -0.3 is 4.90 Å². The minimum Gasteiger partial charge on any atom is -0.311 e. The molecule has 4 rings (SSSR count). The van der Waals surface area contributed by atoms with Crippen LogP contribution in [0.1, 0.15) is 5.56 Å². The summed E-state index contributed by atoms with van der Waals surface area (Å²) in [6, 6.07) is 12.4. The summed E-state index contributed by atoms with van der Waals surface area (Å²) < 4.78 is 0. The molecule has 1 aromatic carbocycles. The molecule has 2 N–H and O–H groups in total. The molecule has 1 aromatic heterocycles. The van der Waals surface area contributed by atoms with E-state index in [9.17, 15) is 14.4 Å². The van der Waals surface area contributed by atoms with Crippen molar-refractivity contribution in [2.75, 3.05) is 42.6 Å². The highest BCUT2D eigenvalue weighted by Gasteiger charge is 2.47. The third-order valence-corrected chi connectivity index (χ3v) is 5.23. The second-order valence-electron chi connectivity index (χ2n) is 7.13. The number of anilines is 2. The molecule has 2 aliphatic rings. The SMILES string of the molecule is Cc1ccc(N2C(=O)C(=O)N(C[NH+]3CCN(c4cccc[nH+]4)CC3)C2=O)cc1. The number of aromatic nitrogens is 1. The molecule has 8 heteroatoms. The molecule has 0 spiro atoms. The number of piperazine rings is 1. The zero-order valence-electron chi connectivity index (χ0n) is 15.7. The first kappa shape index (κ1) is 18.1. The number of benzene rings is 1. The number of nitrogens with zero attached hydrogens (tertiary/aromatic N) is 3. The van der Waals surface area contributed by atoms with E-state index in [1.807, 2.05) is 43.5 Å². The number of carbonyl (C=O) groups excluding carboxylic acids is 3. The van der Waals surface area contributed by atoms with Crippen LogP contribution in [0.15, 0.2) is 48.7 Å². The van der Waals surface area contributed by atoms with Crippen LogP contribution >= 0.6 is 0 Å². The number of quaternary nitrogens is 1. The third kappa shape index (κ3) is 3.34. The van der Waals surface area contributed by atoms with Gasteiger partial charge in [-0.05, 0) is 25.1 Å². The smallest absolute Gasteiger partial charge is 0.311 e. The summed E-state index contributed by atoms with van der Waals surface area (Å²) in [5.41, 5.74) is 1.44. The van der Waals surface area contributed by atoms with E-state index in [-0.39, 0.29) is 6.67 Å². The molecule has 3 heterocycles. The van der Waals surface area contributed by atoms with Gasteiger partial charge in [-0.3, -0.25) is 14.5 Å². The maximum atomic E-state index is 12.8. The number of hydrogen-bond donors (Lipinski definition) is 1. The molecular weight excluding hydrogens is 358 g/mol. The lowest BCUT2D eigenvalue weighted by atomic mass is 10.2. The van der Waals surface area contributed by atoms with E-state index in [0.29, 0.717) is 5.69 Å². The van der Waals surface area contributed by atoms with Crippen LogP contribution in [0.25, 0.3) is 0 Å². The van der Waals surface area contributed by atoms with Crippen LogP contribution in [-0.4, -0.2) is 55.6 Å². The normalized spacial score (nSPS) is 18.3. The number of nitrogens with one attached hydrogen (secondary N) is 2. The maximum Gasteiger partial charge on any atom is 0.343 e. The van der Waals surface area contributed by atoms with Gasteiger partial charge in [-0.15, -0.1) is 0 Å². The second kappa shape index (κ2) is 7.40. The number of carbonyl (C=O) groups is 3. The first-order valence-electron chi connectivity index (χ1n) is 9.36. The molecule has 4 amide bonds. The van der Waals surface area contributed by atoms with Crippen molar-refractivity contribution in [1.82, 2.24) is 4.90 Å². The van der Waals surface area contributed by atoms with Crippen molar-refractivity contribution < 1.29 is 24.3 Å². The van der Waals surface area contributed by atoms with Gasteiger partial charge in [0.05, 0.1) is 11.9 Å². The lowest BCUT2D eigenvalue weighted by Gasteiger charge is -2.29. The van der Waals surface area contributed by atoms with E-state index in [1.165, 1.54) is 0 Å². The van der Waals surface area contributed by atoms with Gasteiger partial charge in [-0.1, -0.05) is 23.8 Å². The van der Waals surface area contributed by atoms with Gasteiger partial charge in [0.15, 0.2) is 6.67 Å². The first-order valence-corrected chi connectivity index (χ1v) is 9.36. The summed E-state index contributed by atoms with van der Waals surface area (Å²) in [7, 11) is 0. The standard InChI is InChI=1S/C20H21N5O3/c1-15-5-7-16(8-6-15)25-19(27)18(26)24(20(25)28)14-22-10-12-23(13-11-22)17-4-2-3-9-21-17/h2-9H,10-14H2,1H3/p+2. The van der Waals surface area contributed by atoms with Crippen LogP contribution in [0.5, 0.6) is 0 Å². The fourth-order valence-electron chi connectivity index (χ4n) is 3.59. The largest absolute Gasteiger partial charge is 0.343 e. The van der Waals surface area contributed by atoms with Gasteiger partial charge in [0.2, 0.25) is 0 Å². The Balaban J connectivity index is 1.41. The highest BCUT2D eigenvalue weighted by Crippen LogP contribution is 2.22. The maximum absolute atomic E-state index is 12.8. The molecule has 0 bridgehead atoms. The van der Waals surface area contributed by atoms with Crippen molar-refractivity contribution in [3.8, 4) is 0 Å². The molecule has 0 saturated carbocycles. The van der Waals surface area contributed by atoms with E-state index in [1.54, 1.807) is 12.1 Å². The summed E-state index contributed by atoms with van der Waals surface area (Å²) in [6.07, 6.45) is 1.89. The van der Waals surface area contributed by atoms with Gasteiger partial charge in [0, 0.05) is 6.07 Å². The molecule has 0 unspecified atom stereocenters. The van der Waals surface area contributed by atoms with Crippen molar-refractivity contribution in [3.05, 3.63) is 54.2 Å². The molecule has 0 atom stereocenters. The topological polar surface area (TPSA) is 79.5 Å². The molecule has 28 heavy (non-hydrogen) atoms. The molecule has 2 fully saturated rings. The molecule has 8 nitrogen and oxygen atoms in total. The molecule has 144 valence electrons. The lowest BCUT2D eigenvalue weighted by molar-refractivity contribution is -0.907. The van der Waals surface area contributed by atoms with Crippen molar-refractivity contribution in [1.29, 1.82) is 0 Å². The Morgan fingerprint density at radius 1 is 0.964 bits per heavy atom. The number of aryl methyl sites for hydroxylation is 1. The van der Waals surface area contributed by atoms with E-state index < -0.39 is 17.8 Å². The predicted molar refractivity (Wildman–Crippen MR) is 102 cm³/mol. The molecule has 0 radical (unpaired) electrons. The van der Waals surface area contributed by atoms with Crippen LogP contribution in [0.4, 0.5) is 16.3 Å². The highest BCUT2D eigenvalue weighted by molar-refractivity contribution is 6.52. The zero-order chi connectivity index (χ0) is 19.7. The fraction of sp³-hybridized carbons (Fsp3) is 0.300. The Morgan fingerprint density at radius 3 is 2.32 bits per heavy atom. The number of H-pyrrole nitrogens is 1. The molecule has 0 aliphatic carbocycles. The lowest BCUT2D eigenvalue weighted by Crippen LogP contribution is -3.16. The van der Waals surface area contributed by atoms with Crippen LogP contribution in [-0.2, 0) is 9.59 Å². The Morgan fingerprint density at radius 2 is 1.68 bits per heavy atom. The average molecular weight is 381 g/mol. The van der Waals surface area contributed by atoms with Crippen LogP contribution < -0.4 is 19.7 Å². The monoisotopic (exact) mass is 381 g/mol. The number of amides is 4. The first-order chi connectivity index (χ1) is 13.5. The number of aromatic amines is 1. The van der Waals surface area contributed by atoms with Crippen LogP contribution in [0.3, 0.4) is 0 Å². The van der Waals surface area contributed by atoms with Crippen molar-refractivity contribution in [3.63, 3.8) is 0 Å². The quantitative estimate of drug-likeness (QED) is 0.570. The molecule has 2 aromatic rings. The molecule has 2 saturated heterocycles. The highest BCUT2D eigenvalue weighted by atomic mass is 16.2. The van der Waals surface area contributed by atoms with E-state index in [0.717, 1.165) is 52.3 Å². The van der Waals surface area contributed by atoms with E-state index in [2.05, 4.69) is 9.88 Å². The number of urea groups is 1. The van der Waals surface area contributed by atoms with Gasteiger partial charge in [-0.2, -0.15) is 0 Å². The minimum atomic E-state index is -0.786. The van der Waals surface area contributed by atoms with Crippen molar-refractivity contribution >= 4 is 29.4 Å². The summed E-state index contributed by atoms with van der Waals surface area (Å²) >= 11 is 0. The van der Waals surface area contributed by atoms with E-state index in [4.69, 9.17) is 0 Å². The summed E-state index contributed by atoms with van der Waals surface area (Å²) in [6.45, 7) is 5.30. The summed E-state index contributed by atoms with van der Waals surface area (Å²) in [5, 5.41) is 0. The van der Waals surface area contributed by atoms with Gasteiger partial charge in [-0.25, -0.2) is 19.6 Å². The minimum absolute atomic E-state index is 0.206. The van der Waals surface area contributed by atoms with E-state index >= 15 is 0 Å². The number of rotatable bonds is 4. The second-order valence-corrected chi connectivity index (χ2v) is 7.13. The van der Waals surface area contributed by atoms with Crippen LogP contribution in [0.2, 0.25) is 0 Å². The summed E-state index contributed by atoms with van der Waals surface area (Å²) in [4.78, 5) is 46.1.